The van der Waals surface area contributed by atoms with Crippen LogP contribution in [0, 0.1) is 0 Å². The fourth-order valence-corrected chi connectivity index (χ4v) is 2.75. The van der Waals surface area contributed by atoms with Crippen LogP contribution < -0.4 is 10.2 Å². The summed E-state index contributed by atoms with van der Waals surface area (Å²) in [6, 6.07) is 8.15. The first-order valence-electron chi connectivity index (χ1n) is 8.24. The second-order valence-electron chi connectivity index (χ2n) is 5.59. The highest BCUT2D eigenvalue weighted by atomic mass is 16.2. The molecule has 2 amide bonds. The van der Waals surface area contributed by atoms with Gasteiger partial charge >= 0.3 is 0 Å². The Morgan fingerprint density at radius 2 is 1.74 bits per heavy atom. The maximum Gasteiger partial charge on any atom is 0.241 e. The Balaban J connectivity index is 1.81. The van der Waals surface area contributed by atoms with Crippen molar-refractivity contribution in [2.45, 2.75) is 13.8 Å². The van der Waals surface area contributed by atoms with Crippen LogP contribution in [-0.4, -0.2) is 67.9 Å². The van der Waals surface area contributed by atoms with Crippen molar-refractivity contribution in [2.24, 2.45) is 0 Å². The third-order valence-electron chi connectivity index (χ3n) is 4.26. The predicted octanol–water partition coefficient (Wildman–Crippen LogP) is 1.25. The molecule has 126 valence electrons. The van der Waals surface area contributed by atoms with Gasteiger partial charge in [-0.15, -0.1) is 0 Å². The van der Waals surface area contributed by atoms with E-state index in [0.29, 0.717) is 26.2 Å². The standard InChI is InChI=1S/C17H26N4O2/c1-3-20(4-2)16-7-5-15(6-8-16)18-13-17(23)21-11-9-19(14-22)10-12-21/h5-8,14,18H,3-4,9-13H2,1-2H3. The minimum atomic E-state index is 0.0726. The molecule has 1 aliphatic heterocycles. The van der Waals surface area contributed by atoms with Gasteiger partial charge < -0.3 is 20.0 Å². The van der Waals surface area contributed by atoms with Gasteiger partial charge in [-0.2, -0.15) is 0 Å². The smallest absolute Gasteiger partial charge is 0.241 e. The number of rotatable bonds is 7. The van der Waals surface area contributed by atoms with Gasteiger partial charge in [0.25, 0.3) is 0 Å². The van der Waals surface area contributed by atoms with E-state index in [2.05, 4.69) is 36.2 Å². The Hall–Kier alpha value is -2.24. The topological polar surface area (TPSA) is 55.9 Å². The van der Waals surface area contributed by atoms with Crippen molar-refractivity contribution < 1.29 is 9.59 Å². The Morgan fingerprint density at radius 3 is 2.26 bits per heavy atom. The number of piperazine rings is 1. The van der Waals surface area contributed by atoms with E-state index in [1.165, 1.54) is 5.69 Å². The zero-order chi connectivity index (χ0) is 16.7. The number of nitrogens with one attached hydrogen (secondary N) is 1. The molecule has 6 nitrogen and oxygen atoms in total. The average Bonchev–Trinajstić information content (AvgIpc) is 2.62. The second-order valence-corrected chi connectivity index (χ2v) is 5.59. The Labute approximate surface area is 138 Å². The van der Waals surface area contributed by atoms with Crippen molar-refractivity contribution in [3.63, 3.8) is 0 Å². The molecule has 0 aromatic heterocycles. The third-order valence-corrected chi connectivity index (χ3v) is 4.26. The normalized spacial score (nSPS) is 14.5. The lowest BCUT2D eigenvalue weighted by molar-refractivity contribution is -0.133. The molecule has 1 saturated heterocycles. The lowest BCUT2D eigenvalue weighted by Crippen LogP contribution is -2.49. The lowest BCUT2D eigenvalue weighted by Gasteiger charge is -2.32. The molecule has 0 saturated carbocycles. The molecular weight excluding hydrogens is 292 g/mol. The Morgan fingerprint density at radius 1 is 1.13 bits per heavy atom. The molecule has 0 aliphatic carbocycles. The number of hydrogen-bond acceptors (Lipinski definition) is 4. The molecule has 0 spiro atoms. The van der Waals surface area contributed by atoms with Crippen LogP contribution in [0.15, 0.2) is 24.3 Å². The number of benzene rings is 1. The molecule has 0 unspecified atom stereocenters. The van der Waals surface area contributed by atoms with Crippen LogP contribution in [0.3, 0.4) is 0 Å². The molecule has 1 N–H and O–H groups in total. The van der Waals surface area contributed by atoms with Crippen LogP contribution in [0.25, 0.3) is 0 Å². The quantitative estimate of drug-likeness (QED) is 0.769. The van der Waals surface area contributed by atoms with Crippen molar-refractivity contribution in [1.29, 1.82) is 0 Å². The van der Waals surface area contributed by atoms with Gasteiger partial charge in [0.2, 0.25) is 12.3 Å². The number of carbonyl (C=O) groups is 2. The highest BCUT2D eigenvalue weighted by Crippen LogP contribution is 2.17. The largest absolute Gasteiger partial charge is 0.376 e. The first-order chi connectivity index (χ1) is 11.2. The summed E-state index contributed by atoms with van der Waals surface area (Å²) in [6.45, 7) is 8.98. The fraction of sp³-hybridized carbons (Fsp3) is 0.529. The molecular formula is C17H26N4O2. The summed E-state index contributed by atoms with van der Waals surface area (Å²) in [7, 11) is 0. The van der Waals surface area contributed by atoms with Crippen molar-refractivity contribution in [2.75, 3.05) is 56.0 Å². The molecule has 1 aromatic carbocycles. The van der Waals surface area contributed by atoms with E-state index in [-0.39, 0.29) is 12.5 Å². The first kappa shape index (κ1) is 17.1. The van der Waals surface area contributed by atoms with Crippen molar-refractivity contribution in [3.05, 3.63) is 24.3 Å². The zero-order valence-electron chi connectivity index (χ0n) is 14.0. The minimum absolute atomic E-state index is 0.0726. The second kappa shape index (κ2) is 8.41. The molecule has 2 rings (SSSR count). The maximum atomic E-state index is 12.2. The SMILES string of the molecule is CCN(CC)c1ccc(NCC(=O)N2CCN(C=O)CC2)cc1. The summed E-state index contributed by atoms with van der Waals surface area (Å²) in [5, 5.41) is 3.18. The zero-order valence-corrected chi connectivity index (χ0v) is 14.0. The summed E-state index contributed by atoms with van der Waals surface area (Å²) in [4.78, 5) is 28.6. The van der Waals surface area contributed by atoms with E-state index < -0.39 is 0 Å². The minimum Gasteiger partial charge on any atom is -0.376 e. The third kappa shape index (κ3) is 4.61. The first-order valence-corrected chi connectivity index (χ1v) is 8.24. The van der Waals surface area contributed by atoms with Gasteiger partial charge in [0, 0.05) is 50.6 Å². The Kier molecular flexibility index (Phi) is 6.26. The van der Waals surface area contributed by atoms with Crippen molar-refractivity contribution in [3.8, 4) is 0 Å². The van der Waals surface area contributed by atoms with Crippen LogP contribution in [0.2, 0.25) is 0 Å². The van der Waals surface area contributed by atoms with E-state index >= 15 is 0 Å². The van der Waals surface area contributed by atoms with Gasteiger partial charge in [0.1, 0.15) is 0 Å². The molecule has 1 aromatic rings. The molecule has 6 heteroatoms. The fourth-order valence-electron chi connectivity index (χ4n) is 2.75. The molecule has 0 radical (unpaired) electrons. The van der Waals surface area contributed by atoms with E-state index in [4.69, 9.17) is 0 Å². The highest BCUT2D eigenvalue weighted by molar-refractivity contribution is 5.81. The van der Waals surface area contributed by atoms with Crippen molar-refractivity contribution >= 4 is 23.7 Å². The predicted molar refractivity (Wildman–Crippen MR) is 92.7 cm³/mol. The van der Waals surface area contributed by atoms with Crippen LogP contribution in [0.4, 0.5) is 11.4 Å². The van der Waals surface area contributed by atoms with Crippen LogP contribution in [-0.2, 0) is 9.59 Å². The van der Waals surface area contributed by atoms with Crippen LogP contribution in [0.1, 0.15) is 13.8 Å². The average molecular weight is 318 g/mol. The van der Waals surface area contributed by atoms with Crippen LogP contribution >= 0.6 is 0 Å². The van der Waals surface area contributed by atoms with Gasteiger partial charge in [-0.05, 0) is 38.1 Å². The summed E-state index contributed by atoms with van der Waals surface area (Å²) in [5.74, 6) is 0.0726. The van der Waals surface area contributed by atoms with E-state index in [0.717, 1.165) is 25.2 Å². The van der Waals surface area contributed by atoms with Crippen molar-refractivity contribution in [1.82, 2.24) is 9.80 Å². The number of hydrogen-bond donors (Lipinski definition) is 1. The van der Waals surface area contributed by atoms with Gasteiger partial charge in [-0.3, -0.25) is 9.59 Å². The Bertz CT molecular complexity index is 506. The van der Waals surface area contributed by atoms with Gasteiger partial charge in [-0.1, -0.05) is 0 Å². The van der Waals surface area contributed by atoms with Gasteiger partial charge in [0.05, 0.1) is 6.54 Å². The molecule has 0 bridgehead atoms. The number of amides is 2. The molecule has 1 fully saturated rings. The van der Waals surface area contributed by atoms with E-state index in [9.17, 15) is 9.59 Å². The molecule has 1 heterocycles. The lowest BCUT2D eigenvalue weighted by atomic mass is 10.2. The number of anilines is 2. The van der Waals surface area contributed by atoms with Gasteiger partial charge in [-0.25, -0.2) is 0 Å². The van der Waals surface area contributed by atoms with Crippen LogP contribution in [0.5, 0.6) is 0 Å². The van der Waals surface area contributed by atoms with E-state index in [1.807, 2.05) is 12.1 Å². The summed E-state index contributed by atoms with van der Waals surface area (Å²) in [6.07, 6.45) is 0.845. The maximum absolute atomic E-state index is 12.2. The highest BCUT2D eigenvalue weighted by Gasteiger charge is 2.19. The molecule has 0 atom stereocenters. The molecule has 23 heavy (non-hydrogen) atoms. The summed E-state index contributed by atoms with van der Waals surface area (Å²) >= 11 is 0. The summed E-state index contributed by atoms with van der Waals surface area (Å²) in [5.41, 5.74) is 2.14. The van der Waals surface area contributed by atoms with Gasteiger partial charge in [0.15, 0.2) is 0 Å². The number of carbonyl (C=O) groups excluding carboxylic acids is 2. The van der Waals surface area contributed by atoms with E-state index in [1.54, 1.807) is 9.80 Å². The summed E-state index contributed by atoms with van der Waals surface area (Å²) < 4.78 is 0. The monoisotopic (exact) mass is 318 g/mol. The molecule has 1 aliphatic rings. The number of nitrogens with zero attached hydrogens (tertiary/aromatic N) is 3.